The number of hydrogen-bond acceptors (Lipinski definition) is 4. The van der Waals surface area contributed by atoms with Crippen LogP contribution in [0.25, 0.3) is 10.2 Å². The van der Waals surface area contributed by atoms with Gasteiger partial charge in [-0.3, -0.25) is 4.79 Å². The second-order valence-electron chi connectivity index (χ2n) is 6.68. The molecular formula is C20H19ClFN3OS. The van der Waals surface area contributed by atoms with Crippen molar-refractivity contribution in [3.05, 3.63) is 58.9 Å². The van der Waals surface area contributed by atoms with E-state index in [9.17, 15) is 9.18 Å². The Morgan fingerprint density at radius 1 is 1.26 bits per heavy atom. The summed E-state index contributed by atoms with van der Waals surface area (Å²) in [6.45, 7) is 1.99. The average molecular weight is 404 g/mol. The molecule has 1 N–H and O–H groups in total. The molecule has 27 heavy (non-hydrogen) atoms. The molecule has 0 atom stereocenters. The summed E-state index contributed by atoms with van der Waals surface area (Å²) in [4.78, 5) is 19.3. The van der Waals surface area contributed by atoms with Crippen molar-refractivity contribution in [3.63, 3.8) is 0 Å². The molecule has 1 amide bonds. The van der Waals surface area contributed by atoms with Gasteiger partial charge in [0.1, 0.15) is 5.82 Å². The molecule has 2 heterocycles. The fourth-order valence-corrected chi connectivity index (χ4v) is 4.57. The van der Waals surface area contributed by atoms with Crippen molar-refractivity contribution < 1.29 is 9.18 Å². The molecule has 2 aromatic carbocycles. The number of piperidine rings is 1. The number of aromatic nitrogens is 1. The van der Waals surface area contributed by atoms with Crippen LogP contribution in [-0.4, -0.2) is 24.0 Å². The Morgan fingerprint density at radius 2 is 2.04 bits per heavy atom. The normalized spacial score (nSPS) is 15.3. The Morgan fingerprint density at radius 3 is 2.81 bits per heavy atom. The average Bonchev–Trinajstić information content (AvgIpc) is 3.10. The number of halogens is 2. The lowest BCUT2D eigenvalue weighted by Gasteiger charge is -2.31. The summed E-state index contributed by atoms with van der Waals surface area (Å²) < 4.78 is 14.2. The van der Waals surface area contributed by atoms with E-state index >= 15 is 0 Å². The quantitative estimate of drug-likeness (QED) is 0.691. The number of nitrogens with zero attached hydrogens (tertiary/aromatic N) is 2. The monoisotopic (exact) mass is 403 g/mol. The first-order valence-corrected chi connectivity index (χ1v) is 10.1. The van der Waals surface area contributed by atoms with Crippen molar-refractivity contribution in [1.82, 2.24) is 10.3 Å². The van der Waals surface area contributed by atoms with Crippen LogP contribution in [0.1, 0.15) is 18.4 Å². The second-order valence-corrected chi connectivity index (χ2v) is 8.10. The summed E-state index contributed by atoms with van der Waals surface area (Å²) in [7, 11) is 0. The summed E-state index contributed by atoms with van der Waals surface area (Å²) in [5.41, 5.74) is 1.74. The second kappa shape index (κ2) is 7.82. The Bertz CT molecular complexity index is 969. The number of anilines is 1. The third-order valence-electron chi connectivity index (χ3n) is 4.89. The van der Waals surface area contributed by atoms with Crippen LogP contribution < -0.4 is 10.2 Å². The van der Waals surface area contributed by atoms with Crippen LogP contribution in [0, 0.1) is 11.7 Å². The minimum absolute atomic E-state index is 0.00411. The van der Waals surface area contributed by atoms with Crippen LogP contribution in [0.15, 0.2) is 42.5 Å². The third-order valence-corrected chi connectivity index (χ3v) is 6.33. The van der Waals surface area contributed by atoms with Gasteiger partial charge >= 0.3 is 0 Å². The van der Waals surface area contributed by atoms with Crippen molar-refractivity contribution in [2.45, 2.75) is 19.4 Å². The Kier molecular flexibility index (Phi) is 5.27. The summed E-state index contributed by atoms with van der Waals surface area (Å²) >= 11 is 7.63. The summed E-state index contributed by atoms with van der Waals surface area (Å²) in [6.07, 6.45) is 1.55. The van der Waals surface area contributed by atoms with Crippen molar-refractivity contribution >= 4 is 44.2 Å². The van der Waals surface area contributed by atoms with Crippen LogP contribution in [0.3, 0.4) is 0 Å². The van der Waals surface area contributed by atoms with E-state index in [4.69, 9.17) is 11.6 Å². The number of nitrogens with one attached hydrogen (secondary N) is 1. The zero-order valence-corrected chi connectivity index (χ0v) is 16.2. The van der Waals surface area contributed by atoms with Crippen molar-refractivity contribution in [2.75, 3.05) is 18.0 Å². The minimum Gasteiger partial charge on any atom is -0.352 e. The van der Waals surface area contributed by atoms with E-state index in [1.807, 2.05) is 24.3 Å². The fourth-order valence-electron chi connectivity index (χ4n) is 3.32. The van der Waals surface area contributed by atoms with E-state index in [-0.39, 0.29) is 17.6 Å². The van der Waals surface area contributed by atoms with Crippen molar-refractivity contribution in [3.8, 4) is 0 Å². The van der Waals surface area contributed by atoms with Gasteiger partial charge in [0.05, 0.1) is 10.2 Å². The molecule has 1 saturated heterocycles. The van der Waals surface area contributed by atoms with E-state index in [0.717, 1.165) is 46.8 Å². The van der Waals surface area contributed by atoms with Gasteiger partial charge in [-0.05, 0) is 42.7 Å². The molecule has 0 unspecified atom stereocenters. The standard InChI is InChI=1S/C20H19ClFN3OS/c21-16-4-2-1-3-14(16)12-23-19(26)13-7-9-25(10-8-13)20-24-17-6-5-15(22)11-18(17)27-20/h1-6,11,13H,7-10,12H2,(H,23,26). The van der Waals surface area contributed by atoms with E-state index in [0.29, 0.717) is 11.6 Å². The lowest BCUT2D eigenvalue weighted by Crippen LogP contribution is -2.40. The van der Waals surface area contributed by atoms with E-state index in [1.165, 1.54) is 23.5 Å². The van der Waals surface area contributed by atoms with E-state index in [2.05, 4.69) is 15.2 Å². The van der Waals surface area contributed by atoms with Crippen LogP contribution >= 0.6 is 22.9 Å². The van der Waals surface area contributed by atoms with Gasteiger partial charge in [0.2, 0.25) is 5.91 Å². The Balaban J connectivity index is 1.34. The zero-order valence-electron chi connectivity index (χ0n) is 14.6. The number of benzene rings is 2. The predicted molar refractivity (Wildman–Crippen MR) is 108 cm³/mol. The molecule has 0 spiro atoms. The molecule has 0 aliphatic carbocycles. The number of carbonyl (C=O) groups is 1. The molecule has 3 aromatic rings. The van der Waals surface area contributed by atoms with Gasteiger partial charge in [-0.25, -0.2) is 9.37 Å². The lowest BCUT2D eigenvalue weighted by molar-refractivity contribution is -0.125. The molecule has 4 nitrogen and oxygen atoms in total. The summed E-state index contributed by atoms with van der Waals surface area (Å²) in [5, 5.41) is 4.56. The van der Waals surface area contributed by atoms with E-state index < -0.39 is 0 Å². The summed E-state index contributed by atoms with van der Waals surface area (Å²) in [6, 6.07) is 12.2. The molecule has 1 aliphatic heterocycles. The lowest BCUT2D eigenvalue weighted by atomic mass is 9.96. The van der Waals surface area contributed by atoms with E-state index in [1.54, 1.807) is 6.07 Å². The van der Waals surface area contributed by atoms with Gasteiger partial charge in [-0.1, -0.05) is 41.1 Å². The topological polar surface area (TPSA) is 45.2 Å². The maximum absolute atomic E-state index is 13.4. The molecule has 0 bridgehead atoms. The molecule has 140 valence electrons. The highest BCUT2D eigenvalue weighted by Gasteiger charge is 2.26. The van der Waals surface area contributed by atoms with Crippen LogP contribution in [-0.2, 0) is 11.3 Å². The molecular weight excluding hydrogens is 385 g/mol. The Hall–Kier alpha value is -2.18. The molecule has 1 aromatic heterocycles. The van der Waals surface area contributed by atoms with Gasteiger partial charge in [0.25, 0.3) is 0 Å². The third kappa shape index (κ3) is 4.06. The highest BCUT2D eigenvalue weighted by Crippen LogP contribution is 2.32. The highest BCUT2D eigenvalue weighted by atomic mass is 35.5. The van der Waals surface area contributed by atoms with Gasteiger partial charge in [0.15, 0.2) is 5.13 Å². The molecule has 0 saturated carbocycles. The van der Waals surface area contributed by atoms with Crippen LogP contribution in [0.5, 0.6) is 0 Å². The maximum Gasteiger partial charge on any atom is 0.223 e. The summed E-state index contributed by atoms with van der Waals surface area (Å²) in [5.74, 6) is -0.178. The predicted octanol–water partition coefficient (Wildman–Crippen LogP) is 4.62. The maximum atomic E-state index is 13.4. The fraction of sp³-hybridized carbons (Fsp3) is 0.300. The smallest absolute Gasteiger partial charge is 0.223 e. The first kappa shape index (κ1) is 18.2. The molecule has 7 heteroatoms. The zero-order chi connectivity index (χ0) is 18.8. The van der Waals surface area contributed by atoms with Crippen LogP contribution in [0.4, 0.5) is 9.52 Å². The number of fused-ring (bicyclic) bond motifs is 1. The number of thiazole rings is 1. The molecule has 1 aliphatic rings. The first-order valence-electron chi connectivity index (χ1n) is 8.92. The van der Waals surface area contributed by atoms with Crippen molar-refractivity contribution in [1.29, 1.82) is 0 Å². The van der Waals surface area contributed by atoms with Gasteiger partial charge in [0, 0.05) is 30.6 Å². The highest BCUT2D eigenvalue weighted by molar-refractivity contribution is 7.22. The number of amides is 1. The largest absolute Gasteiger partial charge is 0.352 e. The van der Waals surface area contributed by atoms with Gasteiger partial charge in [-0.2, -0.15) is 0 Å². The molecule has 1 fully saturated rings. The van der Waals surface area contributed by atoms with Gasteiger partial charge in [-0.15, -0.1) is 0 Å². The SMILES string of the molecule is O=C(NCc1ccccc1Cl)C1CCN(c2nc3ccc(F)cc3s2)CC1. The number of carbonyl (C=O) groups excluding carboxylic acids is 1. The first-order chi connectivity index (χ1) is 13.1. The molecule has 0 radical (unpaired) electrons. The Labute approximate surface area is 166 Å². The minimum atomic E-state index is -0.244. The van der Waals surface area contributed by atoms with Crippen LogP contribution in [0.2, 0.25) is 5.02 Å². The number of hydrogen-bond donors (Lipinski definition) is 1. The molecule has 4 rings (SSSR count). The van der Waals surface area contributed by atoms with Crippen molar-refractivity contribution in [2.24, 2.45) is 5.92 Å². The number of rotatable bonds is 4. The van der Waals surface area contributed by atoms with Gasteiger partial charge < -0.3 is 10.2 Å².